The van der Waals surface area contributed by atoms with Crippen molar-refractivity contribution in [1.29, 1.82) is 0 Å². The second kappa shape index (κ2) is 7.18. The van der Waals surface area contributed by atoms with Crippen molar-refractivity contribution in [3.63, 3.8) is 0 Å². The molecule has 0 saturated carbocycles. The van der Waals surface area contributed by atoms with Crippen LogP contribution in [0, 0.1) is 5.82 Å². The number of carboxylic acid groups (broad SMARTS) is 1. The molecule has 1 rings (SSSR count). The number of aliphatic hydroxyl groups is 1. The van der Waals surface area contributed by atoms with E-state index in [1.807, 2.05) is 0 Å². The highest BCUT2D eigenvalue weighted by atomic mass is 19.1. The molecular weight excluding hydrogens is 253 g/mol. The van der Waals surface area contributed by atoms with E-state index in [2.05, 4.69) is 0 Å². The molecular formula is C13H18FNO4. The summed E-state index contributed by atoms with van der Waals surface area (Å²) in [4.78, 5) is 12.5. The molecule has 1 unspecified atom stereocenters. The highest BCUT2D eigenvalue weighted by Gasteiger charge is 2.12. The molecule has 0 saturated heterocycles. The van der Waals surface area contributed by atoms with E-state index >= 15 is 0 Å². The lowest BCUT2D eigenvalue weighted by molar-refractivity contribution is 0.0419. The van der Waals surface area contributed by atoms with Crippen molar-refractivity contribution < 1.29 is 24.1 Å². The largest absolute Gasteiger partial charge is 0.478 e. The molecule has 0 aliphatic heterocycles. The number of aliphatic hydroxyl groups excluding tert-OH is 1. The van der Waals surface area contributed by atoms with E-state index in [9.17, 15) is 14.3 Å². The lowest BCUT2D eigenvalue weighted by atomic mass is 10.1. The van der Waals surface area contributed by atoms with Gasteiger partial charge in [-0.05, 0) is 24.7 Å². The highest BCUT2D eigenvalue weighted by molar-refractivity contribution is 5.87. The zero-order valence-electron chi connectivity index (χ0n) is 11.0. The average molecular weight is 271 g/mol. The van der Waals surface area contributed by atoms with Crippen LogP contribution in [0.2, 0.25) is 0 Å². The van der Waals surface area contributed by atoms with Gasteiger partial charge in [0.2, 0.25) is 0 Å². The summed E-state index contributed by atoms with van der Waals surface area (Å²) in [6.45, 7) is 1.03. The van der Waals surface area contributed by atoms with Crippen molar-refractivity contribution in [3.05, 3.63) is 35.1 Å². The lowest BCUT2D eigenvalue weighted by Crippen LogP contribution is -2.31. The molecule has 0 bridgehead atoms. The first-order valence-electron chi connectivity index (χ1n) is 5.81. The summed E-state index contributed by atoms with van der Waals surface area (Å²) in [5.74, 6) is -2.04. The standard InChI is InChI=1S/C13H18FNO4/c1-15(7-10(16)8-19-2)6-9-3-4-11(13(17)18)12(14)5-9/h3-5,10,16H,6-8H2,1-2H3,(H,17,18). The molecule has 2 N–H and O–H groups in total. The zero-order valence-corrected chi connectivity index (χ0v) is 11.0. The van der Waals surface area contributed by atoms with Gasteiger partial charge in [-0.1, -0.05) is 6.07 Å². The van der Waals surface area contributed by atoms with E-state index in [4.69, 9.17) is 9.84 Å². The predicted octanol–water partition coefficient (Wildman–Crippen LogP) is 0.963. The van der Waals surface area contributed by atoms with Crippen LogP contribution >= 0.6 is 0 Å². The van der Waals surface area contributed by atoms with E-state index in [1.54, 1.807) is 18.0 Å². The first-order valence-corrected chi connectivity index (χ1v) is 5.81. The molecule has 0 heterocycles. The van der Waals surface area contributed by atoms with Crippen LogP contribution in [0.25, 0.3) is 0 Å². The smallest absolute Gasteiger partial charge is 0.338 e. The Hall–Kier alpha value is -1.50. The third-order valence-electron chi connectivity index (χ3n) is 2.60. The molecule has 106 valence electrons. The van der Waals surface area contributed by atoms with Crippen molar-refractivity contribution in [2.24, 2.45) is 0 Å². The van der Waals surface area contributed by atoms with Crippen molar-refractivity contribution in [2.45, 2.75) is 12.6 Å². The Kier molecular flexibility index (Phi) is 5.88. The van der Waals surface area contributed by atoms with Crippen LogP contribution in [0.3, 0.4) is 0 Å². The molecule has 0 aliphatic carbocycles. The van der Waals surface area contributed by atoms with Crippen LogP contribution in [0.1, 0.15) is 15.9 Å². The molecule has 1 aromatic carbocycles. The van der Waals surface area contributed by atoms with E-state index in [-0.39, 0.29) is 12.2 Å². The number of ether oxygens (including phenoxy) is 1. The van der Waals surface area contributed by atoms with E-state index < -0.39 is 17.9 Å². The summed E-state index contributed by atoms with van der Waals surface area (Å²) < 4.78 is 18.3. The van der Waals surface area contributed by atoms with Gasteiger partial charge in [0.1, 0.15) is 5.82 Å². The molecule has 0 aliphatic rings. The average Bonchev–Trinajstić information content (AvgIpc) is 2.28. The summed E-state index contributed by atoms with van der Waals surface area (Å²) in [6.07, 6.45) is -0.613. The molecule has 0 radical (unpaired) electrons. The Labute approximate surface area is 111 Å². The van der Waals surface area contributed by atoms with Gasteiger partial charge in [-0.2, -0.15) is 0 Å². The Morgan fingerprint density at radius 2 is 2.21 bits per heavy atom. The van der Waals surface area contributed by atoms with Gasteiger partial charge < -0.3 is 14.9 Å². The van der Waals surface area contributed by atoms with Gasteiger partial charge in [0.25, 0.3) is 0 Å². The molecule has 0 spiro atoms. The SMILES string of the molecule is COCC(O)CN(C)Cc1ccc(C(=O)O)c(F)c1. The number of halogens is 1. The number of carboxylic acids is 1. The van der Waals surface area contributed by atoms with E-state index in [0.29, 0.717) is 18.7 Å². The van der Waals surface area contributed by atoms with Crippen molar-refractivity contribution >= 4 is 5.97 Å². The molecule has 0 amide bonds. The van der Waals surface area contributed by atoms with Crippen LogP contribution in [0.4, 0.5) is 4.39 Å². The molecule has 1 aromatic rings. The monoisotopic (exact) mass is 271 g/mol. The lowest BCUT2D eigenvalue weighted by Gasteiger charge is -2.20. The van der Waals surface area contributed by atoms with Crippen LogP contribution in [0.5, 0.6) is 0 Å². The summed E-state index contributed by atoms with van der Waals surface area (Å²) in [7, 11) is 3.28. The maximum Gasteiger partial charge on any atom is 0.338 e. The summed E-state index contributed by atoms with van der Waals surface area (Å²) >= 11 is 0. The minimum atomic E-state index is -1.28. The fourth-order valence-electron chi connectivity index (χ4n) is 1.81. The minimum absolute atomic E-state index is 0.233. The molecule has 5 nitrogen and oxygen atoms in total. The van der Waals surface area contributed by atoms with Crippen molar-refractivity contribution in [3.8, 4) is 0 Å². The van der Waals surface area contributed by atoms with Gasteiger partial charge in [0.05, 0.1) is 18.3 Å². The predicted molar refractivity (Wildman–Crippen MR) is 67.6 cm³/mol. The van der Waals surface area contributed by atoms with E-state index in [1.165, 1.54) is 19.2 Å². The van der Waals surface area contributed by atoms with Gasteiger partial charge in [-0.15, -0.1) is 0 Å². The van der Waals surface area contributed by atoms with E-state index in [0.717, 1.165) is 0 Å². The minimum Gasteiger partial charge on any atom is -0.478 e. The molecule has 0 fully saturated rings. The molecule has 19 heavy (non-hydrogen) atoms. The van der Waals surface area contributed by atoms with Crippen LogP contribution in [-0.2, 0) is 11.3 Å². The number of hydrogen-bond donors (Lipinski definition) is 2. The number of hydrogen-bond acceptors (Lipinski definition) is 4. The molecule has 1 atom stereocenters. The highest BCUT2D eigenvalue weighted by Crippen LogP contribution is 2.12. The third-order valence-corrected chi connectivity index (χ3v) is 2.60. The Morgan fingerprint density at radius 1 is 1.53 bits per heavy atom. The number of rotatable bonds is 7. The zero-order chi connectivity index (χ0) is 14.4. The fourth-order valence-corrected chi connectivity index (χ4v) is 1.81. The number of methoxy groups -OCH3 is 1. The maximum atomic E-state index is 13.5. The van der Waals surface area contributed by atoms with Crippen LogP contribution in [-0.4, -0.2) is 54.5 Å². The van der Waals surface area contributed by atoms with Gasteiger partial charge in [-0.25, -0.2) is 9.18 Å². The van der Waals surface area contributed by atoms with Gasteiger partial charge in [-0.3, -0.25) is 4.90 Å². The van der Waals surface area contributed by atoms with Gasteiger partial charge in [0, 0.05) is 20.2 Å². The third kappa shape index (κ3) is 4.94. The first-order chi connectivity index (χ1) is 8.93. The Bertz CT molecular complexity index is 439. The summed E-state index contributed by atoms with van der Waals surface area (Å²) in [6, 6.07) is 4.00. The van der Waals surface area contributed by atoms with Gasteiger partial charge in [0.15, 0.2) is 0 Å². The topological polar surface area (TPSA) is 70.0 Å². The fraction of sp³-hybridized carbons (Fsp3) is 0.462. The number of nitrogens with zero attached hydrogens (tertiary/aromatic N) is 1. The molecule has 6 heteroatoms. The second-order valence-electron chi connectivity index (χ2n) is 4.43. The van der Waals surface area contributed by atoms with Crippen molar-refractivity contribution in [2.75, 3.05) is 27.3 Å². The normalized spacial score (nSPS) is 12.7. The first kappa shape index (κ1) is 15.6. The number of carbonyl (C=O) groups is 1. The molecule has 0 aromatic heterocycles. The van der Waals surface area contributed by atoms with Crippen LogP contribution in [0.15, 0.2) is 18.2 Å². The second-order valence-corrected chi connectivity index (χ2v) is 4.43. The number of likely N-dealkylation sites (N-methyl/N-ethyl adjacent to an activating group) is 1. The quantitative estimate of drug-likeness (QED) is 0.773. The Balaban J connectivity index is 2.62. The van der Waals surface area contributed by atoms with Crippen molar-refractivity contribution in [1.82, 2.24) is 4.90 Å². The van der Waals surface area contributed by atoms with Gasteiger partial charge >= 0.3 is 5.97 Å². The summed E-state index contributed by atoms with van der Waals surface area (Å²) in [5, 5.41) is 18.3. The van der Waals surface area contributed by atoms with Crippen LogP contribution < -0.4 is 0 Å². The number of aromatic carboxylic acids is 1. The number of benzene rings is 1. The summed E-state index contributed by atoms with van der Waals surface area (Å²) in [5.41, 5.74) is 0.306. The Morgan fingerprint density at radius 3 is 2.74 bits per heavy atom. The maximum absolute atomic E-state index is 13.5.